The smallest absolute Gasteiger partial charge is 0.251 e. The molecule has 1 aliphatic rings. The van der Waals surface area contributed by atoms with Crippen LogP contribution >= 0.6 is 0 Å². The van der Waals surface area contributed by atoms with Gasteiger partial charge < -0.3 is 10.4 Å². The van der Waals surface area contributed by atoms with E-state index in [9.17, 15) is 9.90 Å². The fourth-order valence-corrected chi connectivity index (χ4v) is 3.60. The van der Waals surface area contributed by atoms with Gasteiger partial charge in [0.2, 0.25) is 0 Å². The van der Waals surface area contributed by atoms with Crippen molar-refractivity contribution in [1.82, 2.24) is 15.2 Å². The van der Waals surface area contributed by atoms with Gasteiger partial charge in [0.25, 0.3) is 5.91 Å². The first-order valence-corrected chi connectivity index (χ1v) is 9.29. The summed E-state index contributed by atoms with van der Waals surface area (Å²) in [5, 5.41) is 14.1. The fourth-order valence-electron chi connectivity index (χ4n) is 3.60. The van der Waals surface area contributed by atoms with E-state index in [0.29, 0.717) is 12.1 Å². The van der Waals surface area contributed by atoms with Gasteiger partial charge in [-0.2, -0.15) is 0 Å². The molecule has 0 unspecified atom stereocenters. The molecule has 0 radical (unpaired) electrons. The van der Waals surface area contributed by atoms with Gasteiger partial charge in [0, 0.05) is 43.3 Å². The molecule has 1 aromatic heterocycles. The summed E-state index contributed by atoms with van der Waals surface area (Å²) in [5.74, 6) is -0.177. The first-order chi connectivity index (χ1) is 13.2. The number of pyridine rings is 1. The minimum atomic E-state index is -0.596. The van der Waals surface area contributed by atoms with Gasteiger partial charge >= 0.3 is 0 Å². The second-order valence-electron chi connectivity index (χ2n) is 7.03. The van der Waals surface area contributed by atoms with Crippen molar-refractivity contribution in [1.29, 1.82) is 0 Å². The summed E-state index contributed by atoms with van der Waals surface area (Å²) in [6, 6.07) is 17.6. The molecule has 0 saturated carbocycles. The third-order valence-corrected chi connectivity index (χ3v) is 5.04. The Bertz CT molecular complexity index is 957. The quantitative estimate of drug-likeness (QED) is 0.732. The molecule has 2 N–H and O–H groups in total. The molecule has 0 aliphatic carbocycles. The Labute approximate surface area is 158 Å². The maximum atomic E-state index is 12.4. The van der Waals surface area contributed by atoms with Crippen molar-refractivity contribution in [2.75, 3.05) is 19.6 Å². The molecule has 2 aromatic carbocycles. The van der Waals surface area contributed by atoms with Crippen LogP contribution < -0.4 is 5.32 Å². The molecule has 1 amide bonds. The Morgan fingerprint density at radius 1 is 1.15 bits per heavy atom. The Kier molecular flexibility index (Phi) is 5.14. The highest BCUT2D eigenvalue weighted by atomic mass is 16.3. The zero-order chi connectivity index (χ0) is 18.6. The van der Waals surface area contributed by atoms with Gasteiger partial charge in [-0.25, -0.2) is 0 Å². The van der Waals surface area contributed by atoms with Gasteiger partial charge in [-0.3, -0.25) is 14.7 Å². The topological polar surface area (TPSA) is 65.5 Å². The second-order valence-corrected chi connectivity index (χ2v) is 7.03. The number of carbonyl (C=O) groups excluding carboxylic acids is 1. The summed E-state index contributed by atoms with van der Waals surface area (Å²) < 4.78 is 0. The van der Waals surface area contributed by atoms with E-state index in [-0.39, 0.29) is 12.5 Å². The number of hydrogen-bond acceptors (Lipinski definition) is 4. The minimum Gasteiger partial charge on any atom is -0.390 e. The van der Waals surface area contributed by atoms with Crippen molar-refractivity contribution in [3.63, 3.8) is 0 Å². The van der Waals surface area contributed by atoms with E-state index >= 15 is 0 Å². The molecule has 1 aliphatic heterocycles. The molecule has 0 saturated heterocycles. The normalized spacial score (nSPS) is 15.3. The number of rotatable bonds is 5. The van der Waals surface area contributed by atoms with Crippen molar-refractivity contribution in [2.24, 2.45) is 0 Å². The second kappa shape index (κ2) is 7.86. The van der Waals surface area contributed by atoms with Gasteiger partial charge in [0.05, 0.1) is 11.6 Å². The molecular formula is C22H23N3O2. The van der Waals surface area contributed by atoms with Crippen molar-refractivity contribution in [2.45, 2.75) is 19.1 Å². The minimum absolute atomic E-state index is 0.177. The first kappa shape index (κ1) is 17.6. The lowest BCUT2D eigenvalue weighted by molar-refractivity contribution is 0.0842. The Balaban J connectivity index is 1.31. The van der Waals surface area contributed by atoms with Crippen LogP contribution in [0.2, 0.25) is 0 Å². The lowest BCUT2D eigenvalue weighted by Crippen LogP contribution is -2.42. The molecule has 0 spiro atoms. The van der Waals surface area contributed by atoms with Gasteiger partial charge in [0.15, 0.2) is 0 Å². The molecular weight excluding hydrogens is 338 g/mol. The van der Waals surface area contributed by atoms with Gasteiger partial charge in [0.1, 0.15) is 0 Å². The van der Waals surface area contributed by atoms with E-state index in [1.54, 1.807) is 12.3 Å². The molecule has 0 fully saturated rings. The van der Waals surface area contributed by atoms with Crippen LogP contribution in [0.3, 0.4) is 0 Å². The average Bonchev–Trinajstić information content (AvgIpc) is 2.71. The maximum Gasteiger partial charge on any atom is 0.251 e. The van der Waals surface area contributed by atoms with Crippen molar-refractivity contribution in [3.05, 3.63) is 77.5 Å². The molecule has 4 rings (SSSR count). The molecule has 138 valence electrons. The van der Waals surface area contributed by atoms with Crippen LogP contribution in [0.5, 0.6) is 0 Å². The van der Waals surface area contributed by atoms with E-state index in [0.717, 1.165) is 30.4 Å². The number of aromatic nitrogens is 1. The summed E-state index contributed by atoms with van der Waals surface area (Å²) in [4.78, 5) is 18.9. The largest absolute Gasteiger partial charge is 0.390 e. The standard InChI is InChI=1S/C22H23N3O2/c26-20(15-25-11-9-16-4-1-2-5-19(16)14-25)13-24-22(27)18-7-8-21-17(12-18)6-3-10-23-21/h1-8,10,12,20,26H,9,11,13-15H2,(H,24,27)/t20-/m0/s1. The number of fused-ring (bicyclic) bond motifs is 2. The highest BCUT2D eigenvalue weighted by molar-refractivity contribution is 5.97. The summed E-state index contributed by atoms with van der Waals surface area (Å²) in [7, 11) is 0. The van der Waals surface area contributed by atoms with E-state index in [2.05, 4.69) is 39.5 Å². The van der Waals surface area contributed by atoms with Crippen LogP contribution in [-0.4, -0.2) is 46.6 Å². The number of amides is 1. The van der Waals surface area contributed by atoms with Crippen molar-refractivity contribution in [3.8, 4) is 0 Å². The molecule has 5 heteroatoms. The van der Waals surface area contributed by atoms with Gasteiger partial charge in [-0.15, -0.1) is 0 Å². The van der Waals surface area contributed by atoms with Crippen molar-refractivity contribution < 1.29 is 9.90 Å². The van der Waals surface area contributed by atoms with Gasteiger partial charge in [-0.1, -0.05) is 30.3 Å². The van der Waals surface area contributed by atoms with Crippen LogP contribution in [-0.2, 0) is 13.0 Å². The number of β-amino-alcohol motifs (C(OH)–C–C–N with tert-alkyl or cyclic N) is 1. The van der Waals surface area contributed by atoms with E-state index < -0.39 is 6.10 Å². The third-order valence-electron chi connectivity index (χ3n) is 5.04. The van der Waals surface area contributed by atoms with Crippen LogP contribution in [0.15, 0.2) is 60.8 Å². The zero-order valence-electron chi connectivity index (χ0n) is 15.1. The maximum absolute atomic E-state index is 12.4. The monoisotopic (exact) mass is 361 g/mol. The lowest BCUT2D eigenvalue weighted by Gasteiger charge is -2.30. The predicted octanol–water partition coefficient (Wildman–Crippen LogP) is 2.38. The van der Waals surface area contributed by atoms with Crippen LogP contribution in [0, 0.1) is 0 Å². The number of nitrogens with one attached hydrogen (secondary N) is 1. The number of nitrogens with zero attached hydrogens (tertiary/aromatic N) is 2. The zero-order valence-corrected chi connectivity index (χ0v) is 15.1. The average molecular weight is 361 g/mol. The number of carbonyl (C=O) groups is 1. The summed E-state index contributed by atoms with van der Waals surface area (Å²) in [6.07, 6.45) is 2.14. The number of aliphatic hydroxyl groups is 1. The highest BCUT2D eigenvalue weighted by Crippen LogP contribution is 2.18. The lowest BCUT2D eigenvalue weighted by atomic mass is 10.00. The van der Waals surface area contributed by atoms with Crippen LogP contribution in [0.4, 0.5) is 0 Å². The predicted molar refractivity (Wildman–Crippen MR) is 106 cm³/mol. The SMILES string of the molecule is O=C(NC[C@H](O)CN1CCc2ccccc2C1)c1ccc2ncccc2c1. The Hall–Kier alpha value is -2.76. The summed E-state index contributed by atoms with van der Waals surface area (Å²) >= 11 is 0. The van der Waals surface area contributed by atoms with E-state index in [1.807, 2.05) is 24.3 Å². The van der Waals surface area contributed by atoms with E-state index in [4.69, 9.17) is 0 Å². The molecule has 1 atom stereocenters. The third kappa shape index (κ3) is 4.15. The molecule has 27 heavy (non-hydrogen) atoms. The van der Waals surface area contributed by atoms with Gasteiger partial charge in [-0.05, 0) is 41.8 Å². The number of hydrogen-bond donors (Lipinski definition) is 2. The molecule has 3 aromatic rings. The molecule has 2 heterocycles. The molecule has 5 nitrogen and oxygen atoms in total. The van der Waals surface area contributed by atoms with E-state index in [1.165, 1.54) is 11.1 Å². The molecule has 0 bridgehead atoms. The van der Waals surface area contributed by atoms with Crippen LogP contribution in [0.1, 0.15) is 21.5 Å². The first-order valence-electron chi connectivity index (χ1n) is 9.29. The summed E-state index contributed by atoms with van der Waals surface area (Å²) in [6.45, 7) is 2.57. The highest BCUT2D eigenvalue weighted by Gasteiger charge is 2.19. The Morgan fingerprint density at radius 2 is 2.00 bits per heavy atom. The number of benzene rings is 2. The Morgan fingerprint density at radius 3 is 2.89 bits per heavy atom. The van der Waals surface area contributed by atoms with Crippen molar-refractivity contribution >= 4 is 16.8 Å². The summed E-state index contributed by atoms with van der Waals surface area (Å²) in [5.41, 5.74) is 4.15. The van der Waals surface area contributed by atoms with Crippen LogP contribution in [0.25, 0.3) is 10.9 Å². The fraction of sp³-hybridized carbons (Fsp3) is 0.273. The number of aliphatic hydroxyl groups excluding tert-OH is 1.